The summed E-state index contributed by atoms with van der Waals surface area (Å²) < 4.78 is 45.6. The SMILES string of the molecule is C[C@@H](NC(=O)C1CC1(C)c1ccc(OC(F)(F)F)cc1)c1ccc(C(=O)OSN)c(CO)c1. The van der Waals surface area contributed by atoms with Gasteiger partial charge in [-0.25, -0.2) is 9.93 Å². The second kappa shape index (κ2) is 9.62. The van der Waals surface area contributed by atoms with Gasteiger partial charge in [0.05, 0.1) is 18.2 Å². The molecule has 0 spiro atoms. The van der Waals surface area contributed by atoms with Crippen LogP contribution < -0.4 is 15.2 Å². The highest BCUT2D eigenvalue weighted by molar-refractivity contribution is 7.92. The van der Waals surface area contributed by atoms with Crippen LogP contribution in [0.4, 0.5) is 13.2 Å². The molecular formula is C22H23F3N2O5S. The molecule has 1 aliphatic rings. The number of alkyl halides is 3. The molecule has 178 valence electrons. The lowest BCUT2D eigenvalue weighted by Gasteiger charge is -2.18. The van der Waals surface area contributed by atoms with Crippen LogP contribution in [0.2, 0.25) is 0 Å². The van der Waals surface area contributed by atoms with Crippen LogP contribution in [0.15, 0.2) is 42.5 Å². The van der Waals surface area contributed by atoms with Gasteiger partial charge in [-0.2, -0.15) is 0 Å². The van der Waals surface area contributed by atoms with E-state index >= 15 is 0 Å². The Balaban J connectivity index is 1.65. The van der Waals surface area contributed by atoms with Gasteiger partial charge in [-0.1, -0.05) is 31.2 Å². The van der Waals surface area contributed by atoms with Gasteiger partial charge in [0.1, 0.15) is 18.0 Å². The Morgan fingerprint density at radius 1 is 1.27 bits per heavy atom. The Bertz CT molecular complexity index is 1030. The molecular weight excluding hydrogens is 461 g/mol. The molecule has 2 aromatic rings. The van der Waals surface area contributed by atoms with Crippen molar-refractivity contribution < 1.29 is 36.8 Å². The molecule has 11 heteroatoms. The third kappa shape index (κ3) is 5.79. The first-order chi connectivity index (χ1) is 15.5. The maximum absolute atomic E-state index is 12.8. The number of nitrogens with two attached hydrogens (primary N) is 1. The first-order valence-corrected chi connectivity index (χ1v) is 10.8. The molecule has 1 fully saturated rings. The Labute approximate surface area is 192 Å². The molecule has 7 nitrogen and oxygen atoms in total. The van der Waals surface area contributed by atoms with Crippen molar-refractivity contribution in [3.8, 4) is 5.75 Å². The first-order valence-electron chi connectivity index (χ1n) is 9.96. The second-order valence-corrected chi connectivity index (χ2v) is 8.38. The first kappa shape index (κ1) is 24.9. The molecule has 0 bridgehead atoms. The van der Waals surface area contributed by atoms with Gasteiger partial charge in [-0.05, 0) is 48.2 Å². The van der Waals surface area contributed by atoms with Crippen molar-refractivity contribution >= 4 is 24.1 Å². The smallest absolute Gasteiger partial charge is 0.406 e. The second-order valence-electron chi connectivity index (χ2n) is 8.02. The van der Waals surface area contributed by atoms with Gasteiger partial charge in [0.2, 0.25) is 5.91 Å². The highest BCUT2D eigenvalue weighted by Crippen LogP contribution is 2.54. The minimum atomic E-state index is -4.76. The lowest BCUT2D eigenvalue weighted by atomic mass is 9.95. The number of amides is 1. The number of aliphatic hydroxyl groups excluding tert-OH is 1. The standard InChI is InChI=1S/C22H23F3N2O5S/c1-12(13-3-8-17(14(9-13)11-28)20(30)32-33-26)27-19(29)18-10-21(18,2)15-4-6-16(7-5-15)31-22(23,24)25/h3-9,12,18,28H,10-11,26H2,1-2H3,(H,27,29)/t12-,18?,21?/m1/s1. The topological polar surface area (TPSA) is 111 Å². The number of rotatable bonds is 8. The van der Waals surface area contributed by atoms with E-state index in [0.29, 0.717) is 29.8 Å². The fourth-order valence-electron chi connectivity index (χ4n) is 3.80. The van der Waals surface area contributed by atoms with E-state index in [9.17, 15) is 27.9 Å². The van der Waals surface area contributed by atoms with Gasteiger partial charge in [0.25, 0.3) is 0 Å². The zero-order chi connectivity index (χ0) is 24.4. The van der Waals surface area contributed by atoms with Gasteiger partial charge < -0.3 is 19.3 Å². The number of aliphatic hydroxyl groups is 1. The largest absolute Gasteiger partial charge is 0.573 e. The summed E-state index contributed by atoms with van der Waals surface area (Å²) in [6.07, 6.45) is -4.21. The highest BCUT2D eigenvalue weighted by atomic mass is 32.2. The van der Waals surface area contributed by atoms with Crippen molar-refractivity contribution in [2.24, 2.45) is 11.1 Å². The van der Waals surface area contributed by atoms with Crippen LogP contribution in [0.3, 0.4) is 0 Å². The van der Waals surface area contributed by atoms with Crippen LogP contribution in [-0.2, 0) is 21.0 Å². The fourth-order valence-corrected chi connectivity index (χ4v) is 3.98. The fraction of sp³-hybridized carbons (Fsp3) is 0.364. The molecule has 0 aliphatic heterocycles. The minimum Gasteiger partial charge on any atom is -0.406 e. The molecule has 1 aliphatic carbocycles. The molecule has 3 atom stereocenters. The Morgan fingerprint density at radius 3 is 2.52 bits per heavy atom. The summed E-state index contributed by atoms with van der Waals surface area (Å²) in [5.41, 5.74) is 1.44. The van der Waals surface area contributed by atoms with Gasteiger partial charge in [-0.3, -0.25) is 4.79 Å². The molecule has 1 saturated carbocycles. The number of hydrogen-bond donors (Lipinski definition) is 3. The Morgan fingerprint density at radius 2 is 1.94 bits per heavy atom. The van der Waals surface area contributed by atoms with Gasteiger partial charge in [0, 0.05) is 11.3 Å². The van der Waals surface area contributed by atoms with E-state index in [1.807, 2.05) is 6.92 Å². The number of benzene rings is 2. The van der Waals surface area contributed by atoms with E-state index in [1.165, 1.54) is 30.3 Å². The molecule has 2 unspecified atom stereocenters. The van der Waals surface area contributed by atoms with Crippen LogP contribution in [-0.4, -0.2) is 23.3 Å². The summed E-state index contributed by atoms with van der Waals surface area (Å²) in [4.78, 5) is 24.7. The molecule has 0 radical (unpaired) electrons. The lowest BCUT2D eigenvalue weighted by Crippen LogP contribution is -2.30. The van der Waals surface area contributed by atoms with E-state index < -0.39 is 30.4 Å². The number of carbonyl (C=O) groups excluding carboxylic acids is 2. The van der Waals surface area contributed by atoms with Crippen LogP contribution in [0.1, 0.15) is 53.4 Å². The summed E-state index contributed by atoms with van der Waals surface area (Å²) in [6, 6.07) is 9.86. The molecule has 33 heavy (non-hydrogen) atoms. The lowest BCUT2D eigenvalue weighted by molar-refractivity contribution is -0.274. The van der Waals surface area contributed by atoms with Crippen molar-refractivity contribution in [1.29, 1.82) is 0 Å². The third-order valence-corrected chi connectivity index (χ3v) is 6.05. The number of ether oxygens (including phenoxy) is 1. The predicted octanol–water partition coefficient (Wildman–Crippen LogP) is 3.91. The highest BCUT2D eigenvalue weighted by Gasteiger charge is 2.55. The zero-order valence-electron chi connectivity index (χ0n) is 17.8. The maximum atomic E-state index is 12.8. The van der Waals surface area contributed by atoms with Crippen molar-refractivity contribution in [3.63, 3.8) is 0 Å². The summed E-state index contributed by atoms with van der Waals surface area (Å²) >= 11 is 0.409. The van der Waals surface area contributed by atoms with Crippen LogP contribution in [0.25, 0.3) is 0 Å². The van der Waals surface area contributed by atoms with Crippen molar-refractivity contribution in [2.45, 2.75) is 44.7 Å². The van der Waals surface area contributed by atoms with E-state index in [2.05, 4.69) is 14.2 Å². The maximum Gasteiger partial charge on any atom is 0.573 e. The molecule has 4 N–H and O–H groups in total. The number of carbonyl (C=O) groups is 2. The average Bonchev–Trinajstić information content (AvgIpc) is 3.45. The monoisotopic (exact) mass is 484 g/mol. The normalized spacial score (nSPS) is 20.6. The summed E-state index contributed by atoms with van der Waals surface area (Å²) in [5.74, 6) is -1.55. The van der Waals surface area contributed by atoms with E-state index in [1.54, 1.807) is 19.1 Å². The van der Waals surface area contributed by atoms with E-state index in [0.717, 1.165) is 5.56 Å². The van der Waals surface area contributed by atoms with Crippen molar-refractivity contribution in [3.05, 3.63) is 64.7 Å². The minimum absolute atomic E-state index is 0.172. The van der Waals surface area contributed by atoms with Gasteiger partial charge >= 0.3 is 12.3 Å². The number of halogens is 3. The zero-order valence-corrected chi connectivity index (χ0v) is 18.6. The molecule has 3 rings (SSSR count). The summed E-state index contributed by atoms with van der Waals surface area (Å²) in [5, 5.41) is 17.6. The predicted molar refractivity (Wildman–Crippen MR) is 115 cm³/mol. The third-order valence-electron chi connectivity index (χ3n) is 5.80. The van der Waals surface area contributed by atoms with Gasteiger partial charge in [-0.15, -0.1) is 13.2 Å². The average molecular weight is 484 g/mol. The number of nitrogens with one attached hydrogen (secondary N) is 1. The molecule has 1 amide bonds. The molecule has 0 saturated heterocycles. The number of hydrogen-bond acceptors (Lipinski definition) is 7. The summed E-state index contributed by atoms with van der Waals surface area (Å²) in [7, 11) is 0. The Hall–Kier alpha value is -2.76. The summed E-state index contributed by atoms with van der Waals surface area (Å²) in [6.45, 7) is 3.25. The van der Waals surface area contributed by atoms with Crippen LogP contribution in [0.5, 0.6) is 5.75 Å². The molecule has 2 aromatic carbocycles. The van der Waals surface area contributed by atoms with E-state index in [4.69, 9.17) is 5.14 Å². The van der Waals surface area contributed by atoms with Crippen LogP contribution in [0, 0.1) is 5.92 Å². The quantitative estimate of drug-likeness (QED) is 0.385. The van der Waals surface area contributed by atoms with Crippen molar-refractivity contribution in [2.75, 3.05) is 0 Å². The Kier molecular flexibility index (Phi) is 7.25. The molecule has 0 heterocycles. The van der Waals surface area contributed by atoms with Crippen LogP contribution >= 0.6 is 12.2 Å². The van der Waals surface area contributed by atoms with E-state index in [-0.39, 0.29) is 23.1 Å². The van der Waals surface area contributed by atoms with Gasteiger partial charge in [0.15, 0.2) is 0 Å². The van der Waals surface area contributed by atoms with Crippen molar-refractivity contribution in [1.82, 2.24) is 5.32 Å². The molecule has 0 aromatic heterocycles.